The molecule has 24 heavy (non-hydrogen) atoms. The van der Waals surface area contributed by atoms with E-state index in [2.05, 4.69) is 13.8 Å². The topological polar surface area (TPSA) is 64.8 Å². The minimum absolute atomic E-state index is 0.0724. The Morgan fingerprint density at radius 1 is 1.38 bits per heavy atom. The molecule has 1 aromatic rings. The zero-order valence-corrected chi connectivity index (χ0v) is 16.0. The molecule has 1 aromatic carbocycles. The molecule has 1 unspecified atom stereocenters. The van der Waals surface area contributed by atoms with Gasteiger partial charge in [-0.05, 0) is 30.9 Å². The molecule has 1 amide bonds. The van der Waals surface area contributed by atoms with Crippen molar-refractivity contribution in [1.82, 2.24) is 4.90 Å². The maximum absolute atomic E-state index is 12.6. The van der Waals surface area contributed by atoms with Crippen LogP contribution in [0.2, 0.25) is 5.02 Å². The first-order chi connectivity index (χ1) is 11.3. The minimum Gasteiger partial charge on any atom is -0.493 e. The fourth-order valence-corrected chi connectivity index (χ4v) is 2.45. The van der Waals surface area contributed by atoms with Crippen LogP contribution in [0.1, 0.15) is 44.0 Å². The lowest BCUT2D eigenvalue weighted by Crippen LogP contribution is -2.34. The van der Waals surface area contributed by atoms with E-state index in [1.165, 1.54) is 7.11 Å². The number of halogens is 1. The summed E-state index contributed by atoms with van der Waals surface area (Å²) in [5.74, 6) is 1.21. The van der Waals surface area contributed by atoms with Gasteiger partial charge in [0.15, 0.2) is 11.5 Å². The highest BCUT2D eigenvalue weighted by Gasteiger charge is 2.19. The van der Waals surface area contributed by atoms with Crippen molar-refractivity contribution in [3.63, 3.8) is 0 Å². The van der Waals surface area contributed by atoms with Crippen LogP contribution in [0.15, 0.2) is 12.1 Å². The first-order valence-electron chi connectivity index (χ1n) is 8.33. The van der Waals surface area contributed by atoms with E-state index in [-0.39, 0.29) is 11.9 Å². The van der Waals surface area contributed by atoms with Gasteiger partial charge < -0.3 is 20.1 Å². The summed E-state index contributed by atoms with van der Waals surface area (Å²) >= 11 is 6.27. The Bertz CT molecular complexity index is 549. The summed E-state index contributed by atoms with van der Waals surface area (Å²) in [6.45, 7) is 7.29. The molecule has 0 aliphatic heterocycles. The van der Waals surface area contributed by atoms with Crippen LogP contribution >= 0.6 is 11.6 Å². The number of hydrogen-bond donors (Lipinski definition) is 1. The first kappa shape index (κ1) is 20.6. The molecular formula is C18H29ClN2O3. The average Bonchev–Trinajstić information content (AvgIpc) is 2.56. The maximum Gasteiger partial charge on any atom is 0.253 e. The number of nitrogens with zero attached hydrogens (tertiary/aromatic N) is 1. The highest BCUT2D eigenvalue weighted by atomic mass is 35.5. The molecule has 1 rings (SSSR count). The second-order valence-corrected chi connectivity index (χ2v) is 6.67. The Kier molecular flexibility index (Phi) is 8.36. The van der Waals surface area contributed by atoms with Crippen LogP contribution in [0.25, 0.3) is 0 Å². The van der Waals surface area contributed by atoms with Crippen molar-refractivity contribution in [3.05, 3.63) is 22.7 Å². The van der Waals surface area contributed by atoms with Crippen molar-refractivity contribution in [2.45, 2.75) is 39.7 Å². The third kappa shape index (κ3) is 5.56. The molecule has 0 spiro atoms. The predicted octanol–water partition coefficient (Wildman–Crippen LogP) is 3.58. The Morgan fingerprint density at radius 3 is 2.58 bits per heavy atom. The van der Waals surface area contributed by atoms with Gasteiger partial charge in [-0.2, -0.15) is 0 Å². The molecule has 5 nitrogen and oxygen atoms in total. The molecule has 6 heteroatoms. The van der Waals surface area contributed by atoms with Crippen LogP contribution in [-0.4, -0.2) is 44.2 Å². The number of hydrogen-bond acceptors (Lipinski definition) is 4. The summed E-state index contributed by atoms with van der Waals surface area (Å²) in [4.78, 5) is 14.3. The molecule has 136 valence electrons. The largest absolute Gasteiger partial charge is 0.493 e. The zero-order valence-electron chi connectivity index (χ0n) is 15.3. The quantitative estimate of drug-likeness (QED) is 0.734. The molecule has 0 saturated heterocycles. The van der Waals surface area contributed by atoms with Crippen molar-refractivity contribution >= 4 is 17.5 Å². The molecule has 0 aromatic heterocycles. The Morgan fingerprint density at radius 2 is 2.04 bits per heavy atom. The number of ether oxygens (including phenoxy) is 2. The van der Waals surface area contributed by atoms with Gasteiger partial charge in [0.05, 0.1) is 18.7 Å². The lowest BCUT2D eigenvalue weighted by molar-refractivity contribution is 0.0788. The van der Waals surface area contributed by atoms with Crippen molar-refractivity contribution in [1.29, 1.82) is 0 Å². The van der Waals surface area contributed by atoms with Gasteiger partial charge >= 0.3 is 0 Å². The molecule has 0 aliphatic carbocycles. The maximum atomic E-state index is 12.6. The van der Waals surface area contributed by atoms with Crippen LogP contribution < -0.4 is 15.2 Å². The first-order valence-corrected chi connectivity index (χ1v) is 8.70. The Balaban J connectivity index is 2.88. The van der Waals surface area contributed by atoms with E-state index < -0.39 is 0 Å². The molecule has 2 N–H and O–H groups in total. The number of benzene rings is 1. The van der Waals surface area contributed by atoms with Gasteiger partial charge in [-0.1, -0.05) is 32.4 Å². The molecule has 0 saturated carbocycles. The van der Waals surface area contributed by atoms with Gasteiger partial charge in [0.25, 0.3) is 5.91 Å². The highest BCUT2D eigenvalue weighted by Crippen LogP contribution is 2.36. The Hall–Kier alpha value is -1.46. The van der Waals surface area contributed by atoms with Crippen LogP contribution in [-0.2, 0) is 0 Å². The van der Waals surface area contributed by atoms with Gasteiger partial charge in [0, 0.05) is 25.2 Å². The Labute approximate surface area is 150 Å². The number of carbonyl (C=O) groups excluding carboxylic acids is 1. The average molecular weight is 357 g/mol. The van der Waals surface area contributed by atoms with Crippen LogP contribution in [0.4, 0.5) is 0 Å². The minimum atomic E-state index is -0.117. The summed E-state index contributed by atoms with van der Waals surface area (Å²) in [5, 5.41) is 0.374. The highest BCUT2D eigenvalue weighted by molar-refractivity contribution is 6.32. The summed E-state index contributed by atoms with van der Waals surface area (Å²) in [5.41, 5.74) is 6.52. The predicted molar refractivity (Wildman–Crippen MR) is 98.2 cm³/mol. The molecule has 1 atom stereocenters. The molecule has 0 fully saturated rings. The van der Waals surface area contributed by atoms with Crippen molar-refractivity contribution in [3.8, 4) is 11.5 Å². The molecule has 0 radical (unpaired) electrons. The second-order valence-electron chi connectivity index (χ2n) is 6.26. The third-order valence-corrected chi connectivity index (χ3v) is 4.21. The van der Waals surface area contributed by atoms with E-state index >= 15 is 0 Å². The lowest BCUT2D eigenvalue weighted by Gasteiger charge is -2.22. The summed E-state index contributed by atoms with van der Waals surface area (Å²) < 4.78 is 10.9. The molecule has 0 bridgehead atoms. The van der Waals surface area contributed by atoms with Gasteiger partial charge in [0.1, 0.15) is 0 Å². The lowest BCUT2D eigenvalue weighted by atomic mass is 10.0. The van der Waals surface area contributed by atoms with E-state index in [1.54, 1.807) is 24.1 Å². The van der Waals surface area contributed by atoms with Crippen LogP contribution in [0, 0.1) is 5.92 Å². The summed E-state index contributed by atoms with van der Waals surface area (Å²) in [6, 6.07) is 3.36. The number of methoxy groups -OCH3 is 1. The van der Waals surface area contributed by atoms with E-state index in [0.29, 0.717) is 41.2 Å². The van der Waals surface area contributed by atoms with Crippen LogP contribution in [0.5, 0.6) is 11.5 Å². The zero-order chi connectivity index (χ0) is 18.3. The molecular weight excluding hydrogens is 328 g/mol. The van der Waals surface area contributed by atoms with E-state index in [4.69, 9.17) is 26.8 Å². The van der Waals surface area contributed by atoms with E-state index in [0.717, 1.165) is 12.8 Å². The monoisotopic (exact) mass is 356 g/mol. The van der Waals surface area contributed by atoms with Crippen molar-refractivity contribution in [2.24, 2.45) is 11.7 Å². The molecule has 0 aliphatic rings. The fourth-order valence-electron chi connectivity index (χ4n) is 2.19. The smallest absolute Gasteiger partial charge is 0.253 e. The number of rotatable bonds is 9. The van der Waals surface area contributed by atoms with Crippen molar-refractivity contribution in [2.75, 3.05) is 27.3 Å². The number of nitrogens with two attached hydrogens (primary N) is 1. The standard InChI is InChI=1S/C18H29ClN2O3/c1-6-9-24-17-14(19)10-13(11-16(17)23-5)18(22)21(4)8-7-15(20)12(2)3/h10-12,15H,6-9,20H2,1-5H3. The third-order valence-electron chi connectivity index (χ3n) is 3.93. The van der Waals surface area contributed by atoms with E-state index in [9.17, 15) is 4.79 Å². The van der Waals surface area contributed by atoms with E-state index in [1.807, 2.05) is 6.92 Å². The van der Waals surface area contributed by atoms with Gasteiger partial charge in [0.2, 0.25) is 0 Å². The van der Waals surface area contributed by atoms with Crippen molar-refractivity contribution < 1.29 is 14.3 Å². The SMILES string of the molecule is CCCOc1c(Cl)cc(C(=O)N(C)CCC(N)C(C)C)cc1OC. The number of amides is 1. The van der Waals surface area contributed by atoms with Gasteiger partial charge in [-0.15, -0.1) is 0 Å². The van der Waals surface area contributed by atoms with Gasteiger partial charge in [-0.25, -0.2) is 0 Å². The summed E-state index contributed by atoms with van der Waals surface area (Å²) in [6.07, 6.45) is 1.61. The van der Waals surface area contributed by atoms with Gasteiger partial charge in [-0.3, -0.25) is 4.79 Å². The van der Waals surface area contributed by atoms with Crippen LogP contribution in [0.3, 0.4) is 0 Å². The summed E-state index contributed by atoms with van der Waals surface area (Å²) in [7, 11) is 3.29. The molecule has 0 heterocycles. The number of carbonyl (C=O) groups is 1. The second kappa shape index (κ2) is 9.74. The fraction of sp³-hybridized carbons (Fsp3) is 0.611. The normalized spacial score (nSPS) is 12.2.